The summed E-state index contributed by atoms with van der Waals surface area (Å²) >= 11 is 0. The van der Waals surface area contributed by atoms with Gasteiger partial charge in [0.05, 0.1) is 5.92 Å². The Labute approximate surface area is 122 Å². The van der Waals surface area contributed by atoms with E-state index >= 15 is 0 Å². The van der Waals surface area contributed by atoms with Crippen LogP contribution in [0, 0.1) is 11.8 Å². The largest absolute Gasteiger partial charge is 0.369 e. The van der Waals surface area contributed by atoms with Crippen LogP contribution in [-0.4, -0.2) is 17.4 Å². The highest BCUT2D eigenvalue weighted by Crippen LogP contribution is 2.25. The van der Waals surface area contributed by atoms with E-state index in [4.69, 9.17) is 5.73 Å². The van der Waals surface area contributed by atoms with E-state index in [-0.39, 0.29) is 11.4 Å². The lowest BCUT2D eigenvalue weighted by molar-refractivity contribution is -0.134. The number of nitrogens with one attached hydrogen (secondary N) is 1. The van der Waals surface area contributed by atoms with E-state index in [0.717, 1.165) is 5.57 Å². The number of amides is 2. The fraction of sp³-hybridized carbons (Fsp3) is 0.625. The third-order valence-electron chi connectivity index (χ3n) is 2.94. The number of nitrogens with two attached hydrogens (primary N) is 1. The van der Waals surface area contributed by atoms with Crippen molar-refractivity contribution in [2.45, 2.75) is 52.5 Å². The summed E-state index contributed by atoms with van der Waals surface area (Å²) in [5.41, 5.74) is 6.00. The van der Waals surface area contributed by atoms with Gasteiger partial charge in [-0.1, -0.05) is 11.6 Å². The lowest BCUT2D eigenvalue weighted by Crippen LogP contribution is -2.47. The van der Waals surface area contributed by atoms with Crippen LogP contribution >= 0.6 is 0 Å². The Morgan fingerprint density at radius 1 is 1.30 bits per heavy atom. The Hall–Kier alpha value is -1.58. The number of hydrogen-bond acceptors (Lipinski definition) is 2. The summed E-state index contributed by atoms with van der Waals surface area (Å²) in [5, 5.41) is 2.92. The molecular weight excluding hydrogens is 252 g/mol. The van der Waals surface area contributed by atoms with E-state index in [1.807, 2.05) is 27.7 Å². The van der Waals surface area contributed by atoms with Gasteiger partial charge in [0.2, 0.25) is 11.8 Å². The van der Waals surface area contributed by atoms with Crippen molar-refractivity contribution in [1.82, 2.24) is 5.32 Å². The summed E-state index contributed by atoms with van der Waals surface area (Å²) in [6.45, 7) is 15.1. The van der Waals surface area contributed by atoms with Gasteiger partial charge in [-0.3, -0.25) is 9.59 Å². The molecule has 0 unspecified atom stereocenters. The van der Waals surface area contributed by atoms with Crippen LogP contribution in [0.25, 0.3) is 0 Å². The first-order valence-electron chi connectivity index (χ1n) is 6.95. The average Bonchev–Trinajstić information content (AvgIpc) is 2.24. The van der Waals surface area contributed by atoms with Gasteiger partial charge in [0.1, 0.15) is 0 Å². The van der Waals surface area contributed by atoms with Crippen molar-refractivity contribution in [2.24, 2.45) is 17.6 Å². The molecule has 0 saturated carbocycles. The Morgan fingerprint density at radius 3 is 2.20 bits per heavy atom. The predicted molar refractivity (Wildman–Crippen MR) is 82.9 cm³/mol. The third-order valence-corrected chi connectivity index (χ3v) is 2.94. The van der Waals surface area contributed by atoms with Gasteiger partial charge in [0.25, 0.3) is 0 Å². The van der Waals surface area contributed by atoms with Crippen LogP contribution in [0.4, 0.5) is 0 Å². The summed E-state index contributed by atoms with van der Waals surface area (Å²) < 4.78 is 0. The molecule has 2 atom stereocenters. The monoisotopic (exact) mass is 280 g/mol. The first-order valence-corrected chi connectivity index (χ1v) is 6.95. The molecular formula is C16H28N2O2. The van der Waals surface area contributed by atoms with Gasteiger partial charge in [-0.25, -0.2) is 0 Å². The fourth-order valence-electron chi connectivity index (χ4n) is 2.09. The zero-order valence-corrected chi connectivity index (χ0v) is 13.2. The van der Waals surface area contributed by atoms with E-state index in [9.17, 15) is 9.59 Å². The molecule has 0 rings (SSSR count). The molecule has 114 valence electrons. The molecule has 0 aromatic carbocycles. The summed E-state index contributed by atoms with van der Waals surface area (Å²) in [6, 6.07) is 0. The van der Waals surface area contributed by atoms with Crippen LogP contribution in [-0.2, 0) is 9.59 Å². The molecule has 0 heterocycles. The number of primary amides is 1. The lowest BCUT2D eigenvalue weighted by atomic mass is 9.82. The molecule has 4 heteroatoms. The van der Waals surface area contributed by atoms with Crippen molar-refractivity contribution < 1.29 is 9.59 Å². The fourth-order valence-corrected chi connectivity index (χ4v) is 2.09. The van der Waals surface area contributed by atoms with E-state index in [2.05, 4.69) is 18.5 Å². The number of allylic oxidation sites excluding steroid dienone is 2. The van der Waals surface area contributed by atoms with Gasteiger partial charge in [-0.2, -0.15) is 0 Å². The summed E-state index contributed by atoms with van der Waals surface area (Å²) in [6.07, 6.45) is 3.39. The van der Waals surface area contributed by atoms with E-state index in [0.29, 0.717) is 19.3 Å². The quantitative estimate of drug-likeness (QED) is 0.671. The van der Waals surface area contributed by atoms with Crippen LogP contribution in [0.5, 0.6) is 0 Å². The van der Waals surface area contributed by atoms with E-state index in [1.165, 1.54) is 0 Å². The standard InChI is InChI=1S/C16H28N2O2/c1-7-8-9-12(14(17)19)13(10-11(2)3)15(20)18-16(4,5)6/h7,12-13H,1-2,8-10H2,3-6H3,(H2,17,19)(H,18,20)/t12-,13+/m0/s1. The highest BCUT2D eigenvalue weighted by atomic mass is 16.2. The molecule has 2 amide bonds. The van der Waals surface area contributed by atoms with Gasteiger partial charge in [0, 0.05) is 11.5 Å². The van der Waals surface area contributed by atoms with Crippen molar-refractivity contribution in [3.8, 4) is 0 Å². The lowest BCUT2D eigenvalue weighted by Gasteiger charge is -2.28. The molecule has 0 saturated heterocycles. The zero-order valence-electron chi connectivity index (χ0n) is 13.2. The number of hydrogen-bond donors (Lipinski definition) is 2. The molecule has 20 heavy (non-hydrogen) atoms. The third kappa shape index (κ3) is 7.12. The summed E-state index contributed by atoms with van der Waals surface area (Å²) in [5.74, 6) is -1.55. The summed E-state index contributed by atoms with van der Waals surface area (Å²) in [7, 11) is 0. The second-order valence-electron chi connectivity index (χ2n) is 6.38. The van der Waals surface area contributed by atoms with Crippen molar-refractivity contribution >= 4 is 11.8 Å². The van der Waals surface area contributed by atoms with Crippen molar-refractivity contribution in [3.05, 3.63) is 24.8 Å². The molecule has 0 aliphatic carbocycles. The molecule has 0 radical (unpaired) electrons. The number of carbonyl (C=O) groups excluding carboxylic acids is 2. The Morgan fingerprint density at radius 2 is 1.85 bits per heavy atom. The molecule has 0 spiro atoms. The van der Waals surface area contributed by atoms with E-state index in [1.54, 1.807) is 6.08 Å². The minimum Gasteiger partial charge on any atom is -0.369 e. The topological polar surface area (TPSA) is 72.2 Å². The van der Waals surface area contributed by atoms with Crippen LogP contribution in [0.3, 0.4) is 0 Å². The van der Waals surface area contributed by atoms with Gasteiger partial charge >= 0.3 is 0 Å². The summed E-state index contributed by atoms with van der Waals surface area (Å²) in [4.78, 5) is 24.1. The van der Waals surface area contributed by atoms with Crippen LogP contribution in [0.2, 0.25) is 0 Å². The normalized spacial score (nSPS) is 14.2. The maximum Gasteiger partial charge on any atom is 0.224 e. The molecule has 4 nitrogen and oxygen atoms in total. The van der Waals surface area contributed by atoms with Crippen molar-refractivity contribution in [3.63, 3.8) is 0 Å². The zero-order chi connectivity index (χ0) is 15.9. The molecule has 0 aromatic rings. The van der Waals surface area contributed by atoms with Gasteiger partial charge in [0.15, 0.2) is 0 Å². The second kappa shape index (κ2) is 7.88. The Bertz CT molecular complexity index is 380. The first-order chi connectivity index (χ1) is 9.08. The molecule has 0 aliphatic heterocycles. The van der Waals surface area contributed by atoms with Crippen molar-refractivity contribution in [1.29, 1.82) is 0 Å². The maximum absolute atomic E-state index is 12.4. The highest BCUT2D eigenvalue weighted by molar-refractivity contribution is 5.87. The molecule has 0 aliphatic rings. The minimum atomic E-state index is -0.493. The second-order valence-corrected chi connectivity index (χ2v) is 6.38. The van der Waals surface area contributed by atoms with Crippen LogP contribution in [0.15, 0.2) is 24.8 Å². The Kier molecular flexibility index (Phi) is 7.25. The predicted octanol–water partition coefficient (Wildman–Crippen LogP) is 2.55. The Balaban J connectivity index is 5.17. The average molecular weight is 280 g/mol. The molecule has 0 fully saturated rings. The SMILES string of the molecule is C=CCC[C@H](C(N)=O)[C@@H](CC(=C)C)C(=O)NC(C)(C)C. The van der Waals surface area contributed by atoms with E-state index < -0.39 is 17.7 Å². The highest BCUT2D eigenvalue weighted by Gasteiger charge is 2.33. The smallest absolute Gasteiger partial charge is 0.224 e. The van der Waals surface area contributed by atoms with Crippen LogP contribution < -0.4 is 11.1 Å². The van der Waals surface area contributed by atoms with Gasteiger partial charge in [-0.15, -0.1) is 13.2 Å². The number of carbonyl (C=O) groups is 2. The van der Waals surface area contributed by atoms with Crippen molar-refractivity contribution in [2.75, 3.05) is 0 Å². The van der Waals surface area contributed by atoms with Gasteiger partial charge in [-0.05, 0) is 47.0 Å². The van der Waals surface area contributed by atoms with Gasteiger partial charge < -0.3 is 11.1 Å². The minimum absolute atomic E-state index is 0.145. The molecule has 0 bridgehead atoms. The molecule has 0 aromatic heterocycles. The van der Waals surface area contributed by atoms with Crippen LogP contribution in [0.1, 0.15) is 47.0 Å². The maximum atomic E-state index is 12.4. The molecule has 3 N–H and O–H groups in total. The first kappa shape index (κ1) is 18.4. The number of rotatable bonds is 8.